The normalized spacial score (nSPS) is 23.6. The van der Waals surface area contributed by atoms with Crippen molar-refractivity contribution in [1.29, 1.82) is 0 Å². The van der Waals surface area contributed by atoms with Crippen LogP contribution < -0.4 is 4.74 Å². The Balaban J connectivity index is 1.46. The molecule has 2 aliphatic heterocycles. The lowest BCUT2D eigenvalue weighted by molar-refractivity contribution is -0.135. The molecule has 0 radical (unpaired) electrons. The van der Waals surface area contributed by atoms with Gasteiger partial charge in [0.2, 0.25) is 0 Å². The van der Waals surface area contributed by atoms with E-state index in [2.05, 4.69) is 4.90 Å². The smallest absolute Gasteiger partial charge is 0.260 e. The molecule has 138 valence electrons. The molecule has 2 fully saturated rings. The van der Waals surface area contributed by atoms with Crippen LogP contribution in [0.15, 0.2) is 18.2 Å². The second kappa shape index (κ2) is 7.33. The quantitative estimate of drug-likeness (QED) is 0.796. The Kier molecular flexibility index (Phi) is 5.34. The van der Waals surface area contributed by atoms with E-state index in [4.69, 9.17) is 4.74 Å². The molecular weight excluding hydrogens is 340 g/mol. The zero-order chi connectivity index (χ0) is 18.0. The van der Waals surface area contributed by atoms with Gasteiger partial charge in [0.25, 0.3) is 5.91 Å². The number of aryl methyl sites for hydroxylation is 2. The summed E-state index contributed by atoms with van der Waals surface area (Å²) in [5, 5.41) is 0. The van der Waals surface area contributed by atoms with Crippen molar-refractivity contribution in [3.63, 3.8) is 0 Å². The number of nitrogens with zero attached hydrogens (tertiary/aromatic N) is 2. The second-order valence-corrected chi connectivity index (χ2v) is 9.24. The van der Waals surface area contributed by atoms with Crippen molar-refractivity contribution in [2.75, 3.05) is 44.3 Å². The number of ether oxygens (including phenoxy) is 1. The van der Waals surface area contributed by atoms with E-state index in [0.29, 0.717) is 31.0 Å². The average molecular weight is 366 g/mol. The lowest BCUT2D eigenvalue weighted by atomic mass is 10.1. The molecule has 3 rings (SSSR count). The molecule has 2 saturated heterocycles. The first-order chi connectivity index (χ1) is 11.8. The number of carbonyl (C=O) groups excluding carboxylic acids is 1. The van der Waals surface area contributed by atoms with Crippen LogP contribution in [0.3, 0.4) is 0 Å². The molecule has 0 bridgehead atoms. The van der Waals surface area contributed by atoms with E-state index < -0.39 is 9.84 Å². The summed E-state index contributed by atoms with van der Waals surface area (Å²) in [4.78, 5) is 16.4. The molecule has 0 N–H and O–H groups in total. The van der Waals surface area contributed by atoms with Crippen molar-refractivity contribution < 1.29 is 17.9 Å². The maximum absolute atomic E-state index is 12.3. The highest BCUT2D eigenvalue weighted by molar-refractivity contribution is 7.91. The maximum Gasteiger partial charge on any atom is 0.260 e. The van der Waals surface area contributed by atoms with E-state index in [9.17, 15) is 13.2 Å². The molecule has 0 spiro atoms. The van der Waals surface area contributed by atoms with Crippen molar-refractivity contribution in [1.82, 2.24) is 9.80 Å². The largest absolute Gasteiger partial charge is 0.484 e. The molecule has 1 unspecified atom stereocenters. The van der Waals surface area contributed by atoms with Gasteiger partial charge < -0.3 is 9.64 Å². The third kappa shape index (κ3) is 4.52. The Labute approximate surface area is 149 Å². The van der Waals surface area contributed by atoms with Crippen LogP contribution in [-0.4, -0.2) is 74.5 Å². The summed E-state index contributed by atoms with van der Waals surface area (Å²) in [5.74, 6) is 1.25. The van der Waals surface area contributed by atoms with E-state index in [1.807, 2.05) is 32.0 Å². The fraction of sp³-hybridized carbons (Fsp3) is 0.611. The number of benzene rings is 1. The molecule has 1 aromatic carbocycles. The van der Waals surface area contributed by atoms with Crippen molar-refractivity contribution in [3.05, 3.63) is 29.3 Å². The van der Waals surface area contributed by atoms with Gasteiger partial charge in [0.05, 0.1) is 11.5 Å². The van der Waals surface area contributed by atoms with Gasteiger partial charge in [-0.15, -0.1) is 0 Å². The van der Waals surface area contributed by atoms with E-state index in [1.165, 1.54) is 5.56 Å². The number of sulfone groups is 1. The number of hydrogen-bond donors (Lipinski definition) is 0. The molecule has 0 aromatic heterocycles. The molecule has 0 saturated carbocycles. The Morgan fingerprint density at radius 1 is 1.16 bits per heavy atom. The molecule has 1 atom stereocenters. The van der Waals surface area contributed by atoms with Crippen LogP contribution in [0.2, 0.25) is 0 Å². The predicted octanol–water partition coefficient (Wildman–Crippen LogP) is 1.01. The minimum Gasteiger partial charge on any atom is -0.484 e. The predicted molar refractivity (Wildman–Crippen MR) is 96.6 cm³/mol. The Hall–Kier alpha value is -1.60. The fourth-order valence-corrected chi connectivity index (χ4v) is 5.20. The van der Waals surface area contributed by atoms with Gasteiger partial charge in [-0.25, -0.2) is 8.42 Å². The standard InChI is InChI=1S/C18H26N2O4S/c1-14-3-4-17(11-15(14)2)24-12-18(21)20-8-6-19(7-9-20)16-5-10-25(22,23)13-16/h3-4,11,16H,5-10,12-13H2,1-2H3. The first kappa shape index (κ1) is 18.2. The molecule has 25 heavy (non-hydrogen) atoms. The van der Waals surface area contributed by atoms with Gasteiger partial charge >= 0.3 is 0 Å². The summed E-state index contributed by atoms with van der Waals surface area (Å²) < 4.78 is 28.9. The first-order valence-corrected chi connectivity index (χ1v) is 10.6. The lowest BCUT2D eigenvalue weighted by Gasteiger charge is -2.37. The Bertz CT molecular complexity index is 739. The fourth-order valence-electron chi connectivity index (χ4n) is 3.44. The second-order valence-electron chi connectivity index (χ2n) is 7.01. The van der Waals surface area contributed by atoms with Crippen LogP contribution in [0, 0.1) is 13.8 Å². The third-order valence-corrected chi connectivity index (χ3v) is 6.98. The van der Waals surface area contributed by atoms with Crippen molar-refractivity contribution in [2.45, 2.75) is 26.3 Å². The summed E-state index contributed by atoms with van der Waals surface area (Å²) in [6.45, 7) is 6.83. The summed E-state index contributed by atoms with van der Waals surface area (Å²) in [6.07, 6.45) is 0.714. The number of carbonyl (C=O) groups is 1. The van der Waals surface area contributed by atoms with Crippen LogP contribution >= 0.6 is 0 Å². The summed E-state index contributed by atoms with van der Waals surface area (Å²) >= 11 is 0. The number of rotatable bonds is 4. The van der Waals surface area contributed by atoms with Gasteiger partial charge in [0, 0.05) is 32.2 Å². The topological polar surface area (TPSA) is 66.9 Å². The van der Waals surface area contributed by atoms with Gasteiger partial charge in [0.15, 0.2) is 16.4 Å². The van der Waals surface area contributed by atoms with Gasteiger partial charge in [0.1, 0.15) is 5.75 Å². The maximum atomic E-state index is 12.3. The first-order valence-electron chi connectivity index (χ1n) is 8.76. The molecule has 2 heterocycles. The molecule has 2 aliphatic rings. The van der Waals surface area contributed by atoms with Gasteiger partial charge in [-0.05, 0) is 43.5 Å². The van der Waals surface area contributed by atoms with Crippen molar-refractivity contribution in [2.24, 2.45) is 0 Å². The minimum absolute atomic E-state index is 0.0167. The number of piperazine rings is 1. The third-order valence-electron chi connectivity index (χ3n) is 5.23. The summed E-state index contributed by atoms with van der Waals surface area (Å²) in [7, 11) is -2.86. The molecular formula is C18H26N2O4S. The lowest BCUT2D eigenvalue weighted by Crippen LogP contribution is -2.53. The minimum atomic E-state index is -2.86. The van der Waals surface area contributed by atoms with Gasteiger partial charge in [-0.2, -0.15) is 0 Å². The van der Waals surface area contributed by atoms with Crippen molar-refractivity contribution in [3.8, 4) is 5.75 Å². The zero-order valence-electron chi connectivity index (χ0n) is 14.9. The molecule has 1 amide bonds. The van der Waals surface area contributed by atoms with Gasteiger partial charge in [-0.1, -0.05) is 6.07 Å². The van der Waals surface area contributed by atoms with Crippen LogP contribution in [0.4, 0.5) is 0 Å². The van der Waals surface area contributed by atoms with Gasteiger partial charge in [-0.3, -0.25) is 9.69 Å². The van der Waals surface area contributed by atoms with E-state index in [1.54, 1.807) is 4.90 Å². The summed E-state index contributed by atoms with van der Waals surface area (Å²) in [6, 6.07) is 5.94. The highest BCUT2D eigenvalue weighted by Crippen LogP contribution is 2.20. The molecule has 7 heteroatoms. The highest BCUT2D eigenvalue weighted by Gasteiger charge is 2.34. The zero-order valence-corrected chi connectivity index (χ0v) is 15.7. The SMILES string of the molecule is Cc1ccc(OCC(=O)N2CCN(C3CCS(=O)(=O)C3)CC2)cc1C. The van der Waals surface area contributed by atoms with E-state index in [-0.39, 0.29) is 24.3 Å². The summed E-state index contributed by atoms with van der Waals surface area (Å²) in [5.41, 5.74) is 2.34. The highest BCUT2D eigenvalue weighted by atomic mass is 32.2. The monoisotopic (exact) mass is 366 g/mol. The van der Waals surface area contributed by atoms with E-state index in [0.717, 1.165) is 18.7 Å². The average Bonchev–Trinajstić information content (AvgIpc) is 2.96. The number of amides is 1. The molecule has 1 aromatic rings. The van der Waals surface area contributed by atoms with Crippen LogP contribution in [-0.2, 0) is 14.6 Å². The molecule has 6 nitrogen and oxygen atoms in total. The van der Waals surface area contributed by atoms with E-state index >= 15 is 0 Å². The van der Waals surface area contributed by atoms with Crippen molar-refractivity contribution >= 4 is 15.7 Å². The number of hydrogen-bond acceptors (Lipinski definition) is 5. The van der Waals surface area contributed by atoms with Crippen LogP contribution in [0.5, 0.6) is 5.75 Å². The van der Waals surface area contributed by atoms with Crippen LogP contribution in [0.1, 0.15) is 17.5 Å². The Morgan fingerprint density at radius 2 is 1.88 bits per heavy atom. The molecule has 0 aliphatic carbocycles. The Morgan fingerprint density at radius 3 is 2.48 bits per heavy atom. The van der Waals surface area contributed by atoms with Crippen LogP contribution in [0.25, 0.3) is 0 Å².